The van der Waals surface area contributed by atoms with E-state index < -0.39 is 12.2 Å². The van der Waals surface area contributed by atoms with Gasteiger partial charge in [-0.3, -0.25) is 9.80 Å². The number of hydrogen-bond donors (Lipinski definition) is 0. The van der Waals surface area contributed by atoms with E-state index in [-0.39, 0.29) is 6.67 Å². The summed E-state index contributed by atoms with van der Waals surface area (Å²) in [5, 5.41) is 0. The van der Waals surface area contributed by atoms with E-state index in [2.05, 4.69) is 13.8 Å². The Labute approximate surface area is 267 Å². The van der Waals surface area contributed by atoms with Gasteiger partial charge in [0.15, 0.2) is 0 Å². The molecule has 0 aliphatic carbocycles. The molecule has 0 fully saturated rings. The summed E-state index contributed by atoms with van der Waals surface area (Å²) >= 11 is 0. The van der Waals surface area contributed by atoms with Crippen molar-refractivity contribution in [2.75, 3.05) is 16.5 Å². The van der Waals surface area contributed by atoms with Crippen molar-refractivity contribution in [2.45, 2.75) is 78.1 Å². The Morgan fingerprint density at radius 2 is 0.933 bits per heavy atom. The molecule has 2 amide bonds. The third kappa shape index (κ3) is 7.93. The first-order valence-electron chi connectivity index (χ1n) is 16.4. The minimum Gasteiger partial charge on any atom is -0.410 e. The summed E-state index contributed by atoms with van der Waals surface area (Å²) in [5.74, 6) is 1.09. The van der Waals surface area contributed by atoms with Gasteiger partial charge in [-0.15, -0.1) is 0 Å². The maximum Gasteiger partial charge on any atom is 0.421 e. The topological polar surface area (TPSA) is 59.1 Å². The van der Waals surface area contributed by atoms with Crippen LogP contribution in [-0.2, 0) is 12.8 Å². The summed E-state index contributed by atoms with van der Waals surface area (Å²) < 4.78 is 12.2. The van der Waals surface area contributed by atoms with E-state index >= 15 is 0 Å². The third-order valence-electron chi connectivity index (χ3n) is 8.34. The van der Waals surface area contributed by atoms with Gasteiger partial charge < -0.3 is 9.47 Å². The summed E-state index contributed by atoms with van der Waals surface area (Å²) in [6.45, 7) is 4.32. The molecule has 0 spiro atoms. The van der Waals surface area contributed by atoms with Crippen molar-refractivity contribution < 1.29 is 19.1 Å². The van der Waals surface area contributed by atoms with E-state index in [9.17, 15) is 9.59 Å². The van der Waals surface area contributed by atoms with Crippen molar-refractivity contribution in [1.29, 1.82) is 0 Å². The van der Waals surface area contributed by atoms with Crippen LogP contribution >= 0.6 is 0 Å². The van der Waals surface area contributed by atoms with Crippen molar-refractivity contribution in [3.63, 3.8) is 0 Å². The molecule has 45 heavy (non-hydrogen) atoms. The number of rotatable bonds is 12. The molecule has 1 heterocycles. The van der Waals surface area contributed by atoms with Gasteiger partial charge >= 0.3 is 12.2 Å². The second-order valence-electron chi connectivity index (χ2n) is 11.6. The Bertz CT molecular complexity index is 1470. The fraction of sp³-hybridized carbons (Fsp3) is 0.333. The van der Waals surface area contributed by atoms with Crippen LogP contribution in [0.5, 0.6) is 11.5 Å². The summed E-state index contributed by atoms with van der Waals surface area (Å²) in [6, 6.07) is 30.8. The molecule has 0 saturated heterocycles. The number of para-hydroxylation sites is 4. The fourth-order valence-electron chi connectivity index (χ4n) is 5.88. The van der Waals surface area contributed by atoms with Gasteiger partial charge in [-0.1, -0.05) is 125 Å². The highest BCUT2D eigenvalue weighted by Gasteiger charge is 2.33. The highest BCUT2D eigenvalue weighted by atomic mass is 16.6. The largest absolute Gasteiger partial charge is 0.421 e. The second-order valence-corrected chi connectivity index (χ2v) is 11.6. The lowest BCUT2D eigenvalue weighted by molar-refractivity contribution is 0.202. The summed E-state index contributed by atoms with van der Waals surface area (Å²) in [4.78, 5) is 31.1. The first-order valence-corrected chi connectivity index (χ1v) is 16.4. The van der Waals surface area contributed by atoms with E-state index in [1.165, 1.54) is 22.6 Å². The first kappa shape index (κ1) is 31.8. The van der Waals surface area contributed by atoms with Crippen molar-refractivity contribution in [1.82, 2.24) is 0 Å². The minimum atomic E-state index is -0.551. The van der Waals surface area contributed by atoms with E-state index in [4.69, 9.17) is 9.47 Å². The van der Waals surface area contributed by atoms with E-state index in [0.717, 1.165) is 73.6 Å². The van der Waals surface area contributed by atoms with Gasteiger partial charge in [0, 0.05) is 11.1 Å². The van der Waals surface area contributed by atoms with Gasteiger partial charge in [0.1, 0.15) is 18.2 Å². The number of unbranched alkanes of at least 4 members (excludes halogenated alkanes) is 6. The molecule has 5 rings (SSSR count). The molecule has 6 nitrogen and oxygen atoms in total. The zero-order valence-corrected chi connectivity index (χ0v) is 26.5. The number of carbonyl (C=O) groups excluding carboxylic acids is 2. The molecule has 4 aromatic carbocycles. The van der Waals surface area contributed by atoms with Crippen LogP contribution in [0.3, 0.4) is 0 Å². The van der Waals surface area contributed by atoms with Crippen LogP contribution in [0, 0.1) is 0 Å². The smallest absolute Gasteiger partial charge is 0.410 e. The van der Waals surface area contributed by atoms with Gasteiger partial charge in [-0.2, -0.15) is 0 Å². The van der Waals surface area contributed by atoms with Gasteiger partial charge in [0.05, 0.1) is 11.4 Å². The molecular weight excluding hydrogens is 560 g/mol. The molecule has 0 saturated carbocycles. The number of nitrogens with zero attached hydrogens (tertiary/aromatic N) is 2. The van der Waals surface area contributed by atoms with Crippen molar-refractivity contribution in [3.8, 4) is 22.6 Å². The van der Waals surface area contributed by atoms with Crippen LogP contribution in [0.15, 0.2) is 97.1 Å². The zero-order valence-electron chi connectivity index (χ0n) is 26.5. The Morgan fingerprint density at radius 1 is 0.533 bits per heavy atom. The van der Waals surface area contributed by atoms with E-state index in [1.807, 2.05) is 97.1 Å². The molecule has 0 aromatic heterocycles. The SMILES string of the molecule is CCCCCCc1ccccc1OC(=O)N1CN(C(=O)Oc2ccccc2CCCCCC)c2ccccc2-c2ccccc21. The molecule has 234 valence electrons. The van der Waals surface area contributed by atoms with E-state index in [1.54, 1.807) is 0 Å². The number of aryl methyl sites for hydroxylation is 2. The van der Waals surface area contributed by atoms with Gasteiger partial charge in [-0.05, 0) is 61.1 Å². The lowest BCUT2D eigenvalue weighted by Gasteiger charge is -2.28. The van der Waals surface area contributed by atoms with Crippen molar-refractivity contribution in [2.24, 2.45) is 0 Å². The molecule has 1 aliphatic rings. The number of carbonyl (C=O) groups is 2. The molecular formula is C39H44N2O4. The van der Waals surface area contributed by atoms with Gasteiger partial charge in [-0.25, -0.2) is 9.59 Å². The lowest BCUT2D eigenvalue weighted by Crippen LogP contribution is -2.46. The van der Waals surface area contributed by atoms with Crippen molar-refractivity contribution >= 4 is 23.6 Å². The van der Waals surface area contributed by atoms with Gasteiger partial charge in [0.2, 0.25) is 0 Å². The van der Waals surface area contributed by atoms with Crippen LogP contribution in [0.1, 0.15) is 76.3 Å². The quantitative estimate of drug-likeness (QED) is 0.151. The zero-order chi connectivity index (χ0) is 31.4. The maximum atomic E-state index is 14.0. The number of fused-ring (bicyclic) bond motifs is 3. The average molecular weight is 605 g/mol. The van der Waals surface area contributed by atoms with E-state index in [0.29, 0.717) is 22.9 Å². The Hall–Kier alpha value is -4.58. The summed E-state index contributed by atoms with van der Waals surface area (Å²) in [7, 11) is 0. The fourth-order valence-corrected chi connectivity index (χ4v) is 5.88. The molecule has 0 unspecified atom stereocenters. The molecule has 0 N–H and O–H groups in total. The molecule has 0 bridgehead atoms. The van der Waals surface area contributed by atoms with Crippen LogP contribution in [0.25, 0.3) is 11.1 Å². The number of ether oxygens (including phenoxy) is 2. The standard InChI is InChI=1S/C39H44N2O4/c1-3-5-7-9-19-30-21-11-17-27-36(30)44-38(42)40-29-41(35-26-16-14-24-33(35)32-23-13-15-25-34(32)40)39(43)45-37-28-18-12-22-31(37)20-10-8-6-4-2/h11-18,21-28H,3-10,19-20,29H2,1-2H3. The Balaban J connectivity index is 1.44. The molecule has 4 aromatic rings. The first-order chi connectivity index (χ1) is 22.1. The number of hydrogen-bond acceptors (Lipinski definition) is 4. The molecule has 1 aliphatic heterocycles. The predicted molar refractivity (Wildman–Crippen MR) is 182 cm³/mol. The van der Waals surface area contributed by atoms with Crippen molar-refractivity contribution in [3.05, 3.63) is 108 Å². The third-order valence-corrected chi connectivity index (χ3v) is 8.34. The average Bonchev–Trinajstić information content (AvgIpc) is 3.22. The van der Waals surface area contributed by atoms with Crippen LogP contribution in [0.4, 0.5) is 21.0 Å². The number of amides is 2. The van der Waals surface area contributed by atoms with Crippen LogP contribution in [-0.4, -0.2) is 18.9 Å². The summed E-state index contributed by atoms with van der Waals surface area (Å²) in [6.07, 6.45) is 9.59. The summed E-state index contributed by atoms with van der Waals surface area (Å²) in [5.41, 5.74) is 5.01. The lowest BCUT2D eigenvalue weighted by atomic mass is 10.0. The Kier molecular flexibility index (Phi) is 11.3. The highest BCUT2D eigenvalue weighted by molar-refractivity contribution is 6.04. The normalized spacial score (nSPS) is 12.2. The predicted octanol–water partition coefficient (Wildman–Crippen LogP) is 10.6. The van der Waals surface area contributed by atoms with Crippen LogP contribution < -0.4 is 19.3 Å². The minimum absolute atomic E-state index is 0.0664. The number of anilines is 2. The highest BCUT2D eigenvalue weighted by Crippen LogP contribution is 2.41. The molecule has 0 atom stereocenters. The Morgan fingerprint density at radius 3 is 1.38 bits per heavy atom. The van der Waals surface area contributed by atoms with Gasteiger partial charge in [0.25, 0.3) is 0 Å². The molecule has 0 radical (unpaired) electrons. The second kappa shape index (κ2) is 15.9. The maximum absolute atomic E-state index is 14.0. The van der Waals surface area contributed by atoms with Crippen LogP contribution in [0.2, 0.25) is 0 Å². The number of benzene rings is 4. The molecule has 6 heteroatoms. The monoisotopic (exact) mass is 604 g/mol.